The standard InChI is InChI=1S/C25H19N3O4/c1-30-22-8-4-5-9-23(22)31-15-18-17-6-2-3-7-21(17)32-24(18)25(29)28-16-10-11-19-20(14-16)27-13-12-26-19/h2-14H,15H2,1H3,(H,28,29). The Bertz CT molecular complexity index is 1430. The molecular formula is C25H19N3O4. The van der Waals surface area contributed by atoms with E-state index in [1.807, 2.05) is 54.6 Å². The summed E-state index contributed by atoms with van der Waals surface area (Å²) in [4.78, 5) is 21.7. The van der Waals surface area contributed by atoms with Crippen LogP contribution in [0.25, 0.3) is 22.0 Å². The summed E-state index contributed by atoms with van der Waals surface area (Å²) in [5, 5.41) is 3.71. The molecule has 1 amide bonds. The van der Waals surface area contributed by atoms with E-state index < -0.39 is 0 Å². The molecule has 0 spiro atoms. The Kier molecular flexibility index (Phi) is 5.13. The molecular weight excluding hydrogens is 406 g/mol. The van der Waals surface area contributed by atoms with Crippen LogP contribution in [0.2, 0.25) is 0 Å². The molecule has 32 heavy (non-hydrogen) atoms. The third-order valence-corrected chi connectivity index (χ3v) is 5.07. The van der Waals surface area contributed by atoms with Crippen LogP contribution in [0.1, 0.15) is 16.1 Å². The zero-order valence-corrected chi connectivity index (χ0v) is 17.2. The van der Waals surface area contributed by atoms with Crippen LogP contribution in [0.5, 0.6) is 11.5 Å². The molecule has 2 heterocycles. The van der Waals surface area contributed by atoms with E-state index in [2.05, 4.69) is 15.3 Å². The van der Waals surface area contributed by atoms with E-state index in [-0.39, 0.29) is 18.3 Å². The topological polar surface area (TPSA) is 86.5 Å². The van der Waals surface area contributed by atoms with Crippen LogP contribution in [0.4, 0.5) is 5.69 Å². The molecule has 0 radical (unpaired) electrons. The highest BCUT2D eigenvalue weighted by molar-refractivity contribution is 6.07. The molecule has 3 aromatic carbocycles. The summed E-state index contributed by atoms with van der Waals surface area (Å²) in [7, 11) is 1.59. The number of ether oxygens (including phenoxy) is 2. The number of benzene rings is 3. The van der Waals surface area contributed by atoms with E-state index in [4.69, 9.17) is 13.9 Å². The normalized spacial score (nSPS) is 10.9. The Morgan fingerprint density at radius 3 is 2.53 bits per heavy atom. The second kappa shape index (κ2) is 8.39. The van der Waals surface area contributed by atoms with Gasteiger partial charge in [-0.1, -0.05) is 30.3 Å². The third kappa shape index (κ3) is 3.72. The molecule has 5 aromatic rings. The number of hydrogen-bond donors (Lipinski definition) is 1. The van der Waals surface area contributed by atoms with Gasteiger partial charge in [0.1, 0.15) is 12.2 Å². The van der Waals surface area contributed by atoms with Crippen molar-refractivity contribution in [1.82, 2.24) is 9.97 Å². The first-order valence-electron chi connectivity index (χ1n) is 10.0. The Morgan fingerprint density at radius 2 is 1.69 bits per heavy atom. The highest BCUT2D eigenvalue weighted by Crippen LogP contribution is 2.31. The minimum Gasteiger partial charge on any atom is -0.493 e. The summed E-state index contributed by atoms with van der Waals surface area (Å²) in [6, 6.07) is 20.2. The number of aromatic nitrogens is 2. The molecule has 5 rings (SSSR count). The maximum Gasteiger partial charge on any atom is 0.291 e. The molecule has 0 bridgehead atoms. The maximum absolute atomic E-state index is 13.2. The number of amides is 1. The molecule has 7 heteroatoms. The monoisotopic (exact) mass is 425 g/mol. The lowest BCUT2D eigenvalue weighted by Crippen LogP contribution is -2.14. The molecule has 0 unspecified atom stereocenters. The van der Waals surface area contributed by atoms with Gasteiger partial charge in [-0.25, -0.2) is 0 Å². The van der Waals surface area contributed by atoms with Crippen molar-refractivity contribution in [3.05, 3.63) is 90.4 Å². The van der Waals surface area contributed by atoms with Crippen LogP contribution in [-0.4, -0.2) is 23.0 Å². The number of furan rings is 1. The lowest BCUT2D eigenvalue weighted by Gasteiger charge is -2.11. The number of nitrogens with zero attached hydrogens (tertiary/aromatic N) is 2. The fraction of sp³-hybridized carbons (Fsp3) is 0.0800. The minimum atomic E-state index is -0.372. The first-order chi connectivity index (χ1) is 15.7. The highest BCUT2D eigenvalue weighted by Gasteiger charge is 2.22. The first-order valence-corrected chi connectivity index (χ1v) is 10.0. The summed E-state index contributed by atoms with van der Waals surface area (Å²) in [6.07, 6.45) is 3.24. The Hall–Kier alpha value is -4.39. The van der Waals surface area contributed by atoms with E-state index in [0.717, 1.165) is 10.9 Å². The van der Waals surface area contributed by atoms with Crippen molar-refractivity contribution in [3.8, 4) is 11.5 Å². The molecule has 158 valence electrons. The summed E-state index contributed by atoms with van der Waals surface area (Å²) in [5.41, 5.74) is 3.31. The molecule has 1 N–H and O–H groups in total. The van der Waals surface area contributed by atoms with Crippen molar-refractivity contribution in [1.29, 1.82) is 0 Å². The van der Waals surface area contributed by atoms with Crippen molar-refractivity contribution in [2.45, 2.75) is 6.61 Å². The summed E-state index contributed by atoms with van der Waals surface area (Å²) < 4.78 is 17.3. The number of hydrogen-bond acceptors (Lipinski definition) is 6. The lowest BCUT2D eigenvalue weighted by molar-refractivity contribution is 0.0995. The zero-order chi connectivity index (χ0) is 21.9. The summed E-state index contributed by atoms with van der Waals surface area (Å²) in [5.74, 6) is 1.02. The van der Waals surface area contributed by atoms with Gasteiger partial charge in [0.15, 0.2) is 17.3 Å². The first kappa shape index (κ1) is 19.6. The largest absolute Gasteiger partial charge is 0.493 e. The van der Waals surface area contributed by atoms with E-state index in [0.29, 0.717) is 33.8 Å². The minimum absolute atomic E-state index is 0.142. The van der Waals surface area contributed by atoms with Gasteiger partial charge in [-0.05, 0) is 36.4 Å². The molecule has 0 aliphatic heterocycles. The molecule has 0 fully saturated rings. The number of carbonyl (C=O) groups excluding carboxylic acids is 1. The molecule has 0 atom stereocenters. The fourth-order valence-electron chi connectivity index (χ4n) is 3.54. The van der Waals surface area contributed by atoms with Crippen LogP contribution < -0.4 is 14.8 Å². The second-order valence-electron chi connectivity index (χ2n) is 7.06. The summed E-state index contributed by atoms with van der Waals surface area (Å²) >= 11 is 0. The van der Waals surface area contributed by atoms with Gasteiger partial charge in [-0.3, -0.25) is 14.8 Å². The zero-order valence-electron chi connectivity index (χ0n) is 17.2. The SMILES string of the molecule is COc1ccccc1OCc1c(C(=O)Nc2ccc3nccnc3c2)oc2ccccc12. The van der Waals surface area contributed by atoms with Gasteiger partial charge in [-0.15, -0.1) is 0 Å². The van der Waals surface area contributed by atoms with E-state index in [1.165, 1.54) is 0 Å². The van der Waals surface area contributed by atoms with Crippen molar-refractivity contribution >= 4 is 33.6 Å². The molecule has 0 saturated carbocycles. The number of fused-ring (bicyclic) bond motifs is 2. The van der Waals surface area contributed by atoms with Crippen molar-refractivity contribution in [2.24, 2.45) is 0 Å². The van der Waals surface area contributed by atoms with Crippen LogP contribution in [-0.2, 0) is 6.61 Å². The van der Waals surface area contributed by atoms with E-state index in [9.17, 15) is 4.79 Å². The van der Waals surface area contributed by atoms with Gasteiger partial charge in [0, 0.05) is 29.0 Å². The van der Waals surface area contributed by atoms with Crippen LogP contribution in [0, 0.1) is 0 Å². The van der Waals surface area contributed by atoms with Gasteiger partial charge in [0.2, 0.25) is 0 Å². The Labute approximate surface area is 183 Å². The third-order valence-electron chi connectivity index (χ3n) is 5.07. The highest BCUT2D eigenvalue weighted by atomic mass is 16.5. The molecule has 0 aliphatic carbocycles. The second-order valence-corrected chi connectivity index (χ2v) is 7.06. The van der Waals surface area contributed by atoms with Crippen LogP contribution >= 0.6 is 0 Å². The van der Waals surface area contributed by atoms with Gasteiger partial charge < -0.3 is 19.2 Å². The number of rotatable bonds is 6. The average Bonchev–Trinajstić information content (AvgIpc) is 3.21. The Balaban J connectivity index is 1.46. The van der Waals surface area contributed by atoms with Crippen LogP contribution in [0.15, 0.2) is 83.5 Å². The number of carbonyl (C=O) groups is 1. The van der Waals surface area contributed by atoms with Gasteiger partial charge >= 0.3 is 0 Å². The van der Waals surface area contributed by atoms with Crippen LogP contribution in [0.3, 0.4) is 0 Å². The fourth-order valence-corrected chi connectivity index (χ4v) is 3.54. The smallest absolute Gasteiger partial charge is 0.291 e. The molecule has 0 saturated heterocycles. The van der Waals surface area contributed by atoms with E-state index in [1.54, 1.807) is 31.6 Å². The number of anilines is 1. The van der Waals surface area contributed by atoms with Crippen molar-refractivity contribution < 1.29 is 18.7 Å². The van der Waals surface area contributed by atoms with Crippen molar-refractivity contribution in [2.75, 3.05) is 12.4 Å². The maximum atomic E-state index is 13.2. The summed E-state index contributed by atoms with van der Waals surface area (Å²) in [6.45, 7) is 0.142. The number of methoxy groups -OCH3 is 1. The van der Waals surface area contributed by atoms with Gasteiger partial charge in [-0.2, -0.15) is 0 Å². The van der Waals surface area contributed by atoms with Gasteiger partial charge in [0.05, 0.1) is 18.1 Å². The molecule has 7 nitrogen and oxygen atoms in total. The number of para-hydroxylation sites is 3. The average molecular weight is 425 g/mol. The van der Waals surface area contributed by atoms with Gasteiger partial charge in [0.25, 0.3) is 5.91 Å². The predicted octanol–water partition coefficient (Wildman–Crippen LogP) is 5.22. The molecule has 2 aromatic heterocycles. The van der Waals surface area contributed by atoms with E-state index >= 15 is 0 Å². The number of nitrogens with one attached hydrogen (secondary N) is 1. The molecule has 0 aliphatic rings. The lowest BCUT2D eigenvalue weighted by atomic mass is 10.1. The quantitative estimate of drug-likeness (QED) is 0.402. The predicted molar refractivity (Wildman–Crippen MR) is 121 cm³/mol. The Morgan fingerprint density at radius 1 is 0.938 bits per heavy atom. The van der Waals surface area contributed by atoms with Crippen molar-refractivity contribution in [3.63, 3.8) is 0 Å².